The van der Waals surface area contributed by atoms with Crippen molar-refractivity contribution in [2.45, 2.75) is 12.8 Å². The first-order valence-electron chi connectivity index (χ1n) is 9.16. The third-order valence-corrected chi connectivity index (χ3v) is 5.30. The number of likely N-dealkylation sites (N-methyl/N-ethyl adjacent to an activating group) is 1. The number of hydrogen-bond donors (Lipinski definition) is 1. The molecule has 3 amide bonds. The quantitative estimate of drug-likeness (QED) is 0.876. The molecule has 1 N–H and O–H groups in total. The predicted molar refractivity (Wildman–Crippen MR) is 101 cm³/mol. The molecule has 2 aromatic rings. The third kappa shape index (κ3) is 3.20. The Morgan fingerprint density at radius 3 is 2.44 bits per heavy atom. The van der Waals surface area contributed by atoms with E-state index in [2.05, 4.69) is 4.98 Å². The summed E-state index contributed by atoms with van der Waals surface area (Å²) in [6.07, 6.45) is 2.81. The lowest BCUT2D eigenvalue weighted by Gasteiger charge is -2.22. The molecule has 0 bridgehead atoms. The first-order valence-corrected chi connectivity index (χ1v) is 9.16. The van der Waals surface area contributed by atoms with Gasteiger partial charge in [-0.3, -0.25) is 14.4 Å². The molecule has 4 rings (SSSR count). The lowest BCUT2D eigenvalue weighted by molar-refractivity contribution is -0.117. The zero-order valence-electron chi connectivity index (χ0n) is 15.3. The van der Waals surface area contributed by atoms with E-state index in [9.17, 15) is 14.4 Å². The number of fused-ring (bicyclic) bond motifs is 1. The molecule has 1 aromatic heterocycles. The largest absolute Gasteiger partial charge is 0.357 e. The Kier molecular flexibility index (Phi) is 4.43. The van der Waals surface area contributed by atoms with E-state index in [4.69, 9.17) is 0 Å². The number of anilines is 1. The maximum atomic E-state index is 12.9. The zero-order chi connectivity index (χ0) is 19.0. The number of H-pyrrole nitrogens is 1. The molecule has 0 unspecified atom stereocenters. The summed E-state index contributed by atoms with van der Waals surface area (Å²) in [6, 6.07) is 9.01. The Hall–Kier alpha value is -3.09. The van der Waals surface area contributed by atoms with Crippen molar-refractivity contribution in [2.75, 3.05) is 38.1 Å². The molecule has 1 aromatic carbocycles. The number of amides is 3. The molecule has 0 spiro atoms. The van der Waals surface area contributed by atoms with Crippen LogP contribution in [-0.4, -0.2) is 65.7 Å². The van der Waals surface area contributed by atoms with Gasteiger partial charge in [-0.1, -0.05) is 0 Å². The predicted octanol–water partition coefficient (Wildman–Crippen LogP) is 1.52. The second kappa shape index (κ2) is 6.90. The lowest BCUT2D eigenvalue weighted by Crippen LogP contribution is -2.37. The monoisotopic (exact) mass is 366 g/mol. The number of aromatic nitrogens is 1. The van der Waals surface area contributed by atoms with Gasteiger partial charge in [-0.25, -0.2) is 0 Å². The van der Waals surface area contributed by atoms with Gasteiger partial charge in [0.15, 0.2) is 0 Å². The first-order chi connectivity index (χ1) is 13.0. The van der Waals surface area contributed by atoms with Crippen LogP contribution >= 0.6 is 0 Å². The highest BCUT2D eigenvalue weighted by atomic mass is 16.2. The Labute approximate surface area is 157 Å². The molecule has 0 aliphatic carbocycles. The van der Waals surface area contributed by atoms with E-state index in [1.165, 1.54) is 0 Å². The lowest BCUT2D eigenvalue weighted by atomic mass is 10.1. The van der Waals surface area contributed by atoms with Crippen LogP contribution in [0.3, 0.4) is 0 Å². The average Bonchev–Trinajstić information content (AvgIpc) is 3.22. The second-order valence-corrected chi connectivity index (χ2v) is 6.99. The number of nitrogens with zero attached hydrogens (tertiary/aromatic N) is 3. The van der Waals surface area contributed by atoms with Gasteiger partial charge in [0.2, 0.25) is 5.91 Å². The van der Waals surface area contributed by atoms with E-state index in [1.54, 1.807) is 46.1 Å². The molecule has 27 heavy (non-hydrogen) atoms. The van der Waals surface area contributed by atoms with Gasteiger partial charge in [0.25, 0.3) is 11.8 Å². The summed E-state index contributed by atoms with van der Waals surface area (Å²) in [5.74, 6) is -0.0369. The molecule has 0 radical (unpaired) electrons. The molecule has 2 aliphatic rings. The van der Waals surface area contributed by atoms with Crippen molar-refractivity contribution in [3.63, 3.8) is 0 Å². The maximum absolute atomic E-state index is 12.9. The van der Waals surface area contributed by atoms with Crippen LogP contribution < -0.4 is 4.90 Å². The van der Waals surface area contributed by atoms with Crippen LogP contribution in [0, 0.1) is 0 Å². The summed E-state index contributed by atoms with van der Waals surface area (Å²) in [5.41, 5.74) is 2.94. The number of hydrogen-bond acceptors (Lipinski definition) is 3. The van der Waals surface area contributed by atoms with E-state index in [0.717, 1.165) is 17.7 Å². The Morgan fingerprint density at radius 1 is 1.00 bits per heavy atom. The SMILES string of the molecule is CN1C(=O)Cc2cc(C(=O)N3CCCN(C(=O)c4ccc[nH]4)CC3)ccc21. The van der Waals surface area contributed by atoms with Crippen LogP contribution in [-0.2, 0) is 11.2 Å². The summed E-state index contributed by atoms with van der Waals surface area (Å²) in [7, 11) is 1.75. The molecule has 7 heteroatoms. The number of nitrogens with one attached hydrogen (secondary N) is 1. The second-order valence-electron chi connectivity index (χ2n) is 6.99. The van der Waals surface area contributed by atoms with Gasteiger partial charge in [-0.2, -0.15) is 0 Å². The van der Waals surface area contributed by atoms with Gasteiger partial charge in [-0.05, 0) is 42.3 Å². The topological polar surface area (TPSA) is 76.7 Å². The van der Waals surface area contributed by atoms with E-state index in [-0.39, 0.29) is 17.7 Å². The highest BCUT2D eigenvalue weighted by Gasteiger charge is 2.27. The van der Waals surface area contributed by atoms with E-state index in [1.807, 2.05) is 12.1 Å². The molecule has 140 valence electrons. The highest BCUT2D eigenvalue weighted by molar-refractivity contribution is 6.03. The smallest absolute Gasteiger partial charge is 0.270 e. The van der Waals surface area contributed by atoms with E-state index >= 15 is 0 Å². The van der Waals surface area contributed by atoms with Crippen molar-refractivity contribution in [1.82, 2.24) is 14.8 Å². The van der Waals surface area contributed by atoms with Crippen molar-refractivity contribution in [1.29, 1.82) is 0 Å². The van der Waals surface area contributed by atoms with Crippen molar-refractivity contribution >= 4 is 23.4 Å². The number of benzene rings is 1. The Balaban J connectivity index is 1.45. The van der Waals surface area contributed by atoms with Gasteiger partial charge in [0.1, 0.15) is 5.69 Å². The van der Waals surface area contributed by atoms with Gasteiger partial charge >= 0.3 is 0 Å². The number of carbonyl (C=O) groups is 3. The number of aromatic amines is 1. The van der Waals surface area contributed by atoms with Crippen LogP contribution in [0.25, 0.3) is 0 Å². The molecule has 3 heterocycles. The average molecular weight is 366 g/mol. The summed E-state index contributed by atoms with van der Waals surface area (Å²) in [4.78, 5) is 45.4. The minimum absolute atomic E-state index is 0.0339. The minimum Gasteiger partial charge on any atom is -0.357 e. The molecule has 1 saturated heterocycles. The zero-order valence-corrected chi connectivity index (χ0v) is 15.3. The van der Waals surface area contributed by atoms with Crippen LogP contribution in [0.15, 0.2) is 36.5 Å². The van der Waals surface area contributed by atoms with Gasteiger partial charge in [0.05, 0.1) is 6.42 Å². The summed E-state index contributed by atoms with van der Waals surface area (Å²) in [6.45, 7) is 2.26. The van der Waals surface area contributed by atoms with Crippen molar-refractivity contribution < 1.29 is 14.4 Å². The van der Waals surface area contributed by atoms with Gasteiger partial charge in [-0.15, -0.1) is 0 Å². The van der Waals surface area contributed by atoms with Crippen LogP contribution in [0.5, 0.6) is 0 Å². The number of carbonyl (C=O) groups excluding carboxylic acids is 3. The van der Waals surface area contributed by atoms with Crippen LogP contribution in [0.1, 0.15) is 32.8 Å². The molecular weight excluding hydrogens is 344 g/mol. The standard InChI is InChI=1S/C20H22N4O3/c1-22-17-6-5-14(12-15(17)13-18(22)25)19(26)23-8-3-9-24(11-10-23)20(27)16-4-2-7-21-16/h2,4-7,12,21H,3,8-11,13H2,1H3. The van der Waals surface area contributed by atoms with Crippen LogP contribution in [0.2, 0.25) is 0 Å². The number of rotatable bonds is 2. The Bertz CT molecular complexity index is 891. The van der Waals surface area contributed by atoms with Crippen molar-refractivity contribution in [3.8, 4) is 0 Å². The first kappa shape index (κ1) is 17.3. The summed E-state index contributed by atoms with van der Waals surface area (Å²) in [5, 5.41) is 0. The van der Waals surface area contributed by atoms with Gasteiger partial charge < -0.3 is 19.7 Å². The fourth-order valence-electron chi connectivity index (χ4n) is 3.74. The molecule has 2 aliphatic heterocycles. The fourth-order valence-corrected chi connectivity index (χ4v) is 3.74. The minimum atomic E-state index is -0.0472. The Morgan fingerprint density at radius 2 is 1.74 bits per heavy atom. The maximum Gasteiger partial charge on any atom is 0.270 e. The third-order valence-electron chi connectivity index (χ3n) is 5.30. The molecule has 7 nitrogen and oxygen atoms in total. The fraction of sp³-hybridized carbons (Fsp3) is 0.350. The molecule has 0 saturated carbocycles. The summed E-state index contributed by atoms with van der Waals surface area (Å²) < 4.78 is 0. The molecule has 1 fully saturated rings. The van der Waals surface area contributed by atoms with Crippen LogP contribution in [0.4, 0.5) is 5.69 Å². The van der Waals surface area contributed by atoms with E-state index in [0.29, 0.717) is 43.9 Å². The molecule has 0 atom stereocenters. The summed E-state index contributed by atoms with van der Waals surface area (Å²) >= 11 is 0. The van der Waals surface area contributed by atoms with E-state index < -0.39 is 0 Å². The van der Waals surface area contributed by atoms with Crippen molar-refractivity contribution in [3.05, 3.63) is 53.3 Å². The molecular formula is C20H22N4O3. The van der Waals surface area contributed by atoms with Gasteiger partial charge in [0, 0.05) is 50.7 Å². The highest BCUT2D eigenvalue weighted by Crippen LogP contribution is 2.28. The van der Waals surface area contributed by atoms with Crippen molar-refractivity contribution in [2.24, 2.45) is 0 Å². The normalized spacial score (nSPS) is 17.1.